The smallest absolute Gasteiger partial charge is 0.272 e. The summed E-state index contributed by atoms with van der Waals surface area (Å²) >= 11 is 0. The maximum absolute atomic E-state index is 14.7. The lowest BCUT2D eigenvalue weighted by Crippen LogP contribution is -2.26. The zero-order valence-corrected chi connectivity index (χ0v) is 18.1. The second kappa shape index (κ2) is 8.99. The number of fused-ring (bicyclic) bond motifs is 2. The SMILES string of the molecule is O=C(c1cc(Cc2n[nH]c(=O)c3ccccc23)ccc1F)N1Cc2cnc(NCCO)nc2C1. The molecule has 1 aliphatic heterocycles. The summed E-state index contributed by atoms with van der Waals surface area (Å²) < 4.78 is 14.7. The molecule has 2 aromatic heterocycles. The molecule has 0 radical (unpaired) electrons. The second-order valence-electron chi connectivity index (χ2n) is 8.01. The molecule has 1 amide bonds. The van der Waals surface area contributed by atoms with Crippen molar-refractivity contribution in [2.45, 2.75) is 19.5 Å². The topological polar surface area (TPSA) is 124 Å². The lowest BCUT2D eigenvalue weighted by Gasteiger charge is -2.16. The van der Waals surface area contributed by atoms with Crippen LogP contribution in [0, 0.1) is 5.82 Å². The Morgan fingerprint density at radius 1 is 1.18 bits per heavy atom. The minimum absolute atomic E-state index is 0.0365. The highest BCUT2D eigenvalue weighted by molar-refractivity contribution is 5.95. The average molecular weight is 460 g/mol. The average Bonchev–Trinajstić information content (AvgIpc) is 3.29. The highest BCUT2D eigenvalue weighted by Gasteiger charge is 2.28. The second-order valence-corrected chi connectivity index (χ2v) is 8.01. The maximum Gasteiger partial charge on any atom is 0.272 e. The molecule has 0 spiro atoms. The Kier molecular flexibility index (Phi) is 5.72. The molecule has 0 atom stereocenters. The van der Waals surface area contributed by atoms with Crippen molar-refractivity contribution in [1.82, 2.24) is 25.1 Å². The monoisotopic (exact) mass is 460 g/mol. The summed E-state index contributed by atoms with van der Waals surface area (Å²) in [7, 11) is 0. The molecule has 0 aliphatic carbocycles. The van der Waals surface area contributed by atoms with E-state index in [-0.39, 0.29) is 30.8 Å². The predicted molar refractivity (Wildman–Crippen MR) is 123 cm³/mol. The number of aromatic nitrogens is 4. The molecule has 3 N–H and O–H groups in total. The lowest BCUT2D eigenvalue weighted by atomic mass is 10.0. The Morgan fingerprint density at radius 3 is 2.82 bits per heavy atom. The minimum Gasteiger partial charge on any atom is -0.395 e. The van der Waals surface area contributed by atoms with Crippen LogP contribution in [0.2, 0.25) is 0 Å². The number of nitrogens with one attached hydrogen (secondary N) is 2. The number of aromatic amines is 1. The number of halogens is 1. The van der Waals surface area contributed by atoms with Crippen LogP contribution in [0.3, 0.4) is 0 Å². The van der Waals surface area contributed by atoms with E-state index in [0.29, 0.717) is 46.6 Å². The number of nitrogens with zero attached hydrogens (tertiary/aromatic N) is 4. The molecule has 1 aliphatic rings. The third kappa shape index (κ3) is 4.11. The number of aliphatic hydroxyl groups is 1. The first kappa shape index (κ1) is 21.7. The van der Waals surface area contributed by atoms with E-state index in [9.17, 15) is 14.0 Å². The standard InChI is InChI=1S/C24H21FN6O3/c25-19-6-5-14(10-20-16-3-1-2-4-17(16)22(33)30-29-20)9-18(19)23(34)31-12-15-11-27-24(26-7-8-32)28-21(15)13-31/h1-6,9,11,32H,7-8,10,12-13H2,(H,30,33)(H,26,27,28). The fourth-order valence-electron chi connectivity index (χ4n) is 4.07. The molecule has 0 saturated carbocycles. The van der Waals surface area contributed by atoms with Crippen LogP contribution in [0.4, 0.5) is 10.3 Å². The number of hydrogen-bond donors (Lipinski definition) is 3. The van der Waals surface area contributed by atoms with Crippen LogP contribution >= 0.6 is 0 Å². The number of carbonyl (C=O) groups is 1. The zero-order valence-electron chi connectivity index (χ0n) is 18.1. The first-order chi connectivity index (χ1) is 16.5. The van der Waals surface area contributed by atoms with Crippen molar-refractivity contribution in [3.8, 4) is 0 Å². The molecule has 34 heavy (non-hydrogen) atoms. The van der Waals surface area contributed by atoms with E-state index in [1.165, 1.54) is 17.0 Å². The van der Waals surface area contributed by atoms with E-state index in [1.807, 2.05) is 12.1 Å². The van der Waals surface area contributed by atoms with Crippen molar-refractivity contribution in [3.63, 3.8) is 0 Å². The van der Waals surface area contributed by atoms with Gasteiger partial charge in [-0.15, -0.1) is 0 Å². The van der Waals surface area contributed by atoms with E-state index in [0.717, 1.165) is 5.56 Å². The van der Waals surface area contributed by atoms with Gasteiger partial charge in [-0.05, 0) is 23.8 Å². The number of anilines is 1. The van der Waals surface area contributed by atoms with Crippen LogP contribution in [0.1, 0.15) is 32.9 Å². The number of hydrogen-bond acceptors (Lipinski definition) is 7. The molecule has 9 nitrogen and oxygen atoms in total. The van der Waals surface area contributed by atoms with Crippen LogP contribution in [0.5, 0.6) is 0 Å². The number of benzene rings is 2. The van der Waals surface area contributed by atoms with Gasteiger partial charge in [0.25, 0.3) is 11.5 Å². The number of carbonyl (C=O) groups excluding carboxylic acids is 1. The number of rotatable bonds is 6. The van der Waals surface area contributed by atoms with Gasteiger partial charge in [0, 0.05) is 36.7 Å². The van der Waals surface area contributed by atoms with Crippen molar-refractivity contribution in [2.75, 3.05) is 18.5 Å². The van der Waals surface area contributed by atoms with Crippen molar-refractivity contribution < 1.29 is 14.3 Å². The van der Waals surface area contributed by atoms with Gasteiger partial charge in [-0.1, -0.05) is 24.3 Å². The molecule has 172 valence electrons. The Hall–Kier alpha value is -4.18. The summed E-state index contributed by atoms with van der Waals surface area (Å²) in [5, 5.41) is 19.7. The fraction of sp³-hybridized carbons (Fsp3) is 0.208. The molecule has 4 aromatic rings. The first-order valence-corrected chi connectivity index (χ1v) is 10.8. The normalized spacial score (nSPS) is 12.7. The minimum atomic E-state index is -0.611. The number of H-pyrrole nitrogens is 1. The summed E-state index contributed by atoms with van der Waals surface area (Å²) in [5.74, 6) is -0.683. The largest absolute Gasteiger partial charge is 0.395 e. The van der Waals surface area contributed by atoms with Gasteiger partial charge >= 0.3 is 0 Å². The van der Waals surface area contributed by atoms with Crippen molar-refractivity contribution in [3.05, 3.63) is 92.9 Å². The van der Waals surface area contributed by atoms with Gasteiger partial charge in [0.15, 0.2) is 0 Å². The third-order valence-corrected chi connectivity index (χ3v) is 5.75. The number of amides is 1. The molecule has 0 saturated heterocycles. The van der Waals surface area contributed by atoms with Gasteiger partial charge in [-0.3, -0.25) is 9.59 Å². The summed E-state index contributed by atoms with van der Waals surface area (Å²) in [6.45, 7) is 0.786. The van der Waals surface area contributed by atoms with Gasteiger partial charge in [0.05, 0.1) is 35.5 Å². The van der Waals surface area contributed by atoms with Gasteiger partial charge < -0.3 is 15.3 Å². The third-order valence-electron chi connectivity index (χ3n) is 5.75. The molecule has 10 heteroatoms. The van der Waals surface area contributed by atoms with Crippen molar-refractivity contribution in [2.24, 2.45) is 0 Å². The summed E-state index contributed by atoms with van der Waals surface area (Å²) in [4.78, 5) is 35.3. The van der Waals surface area contributed by atoms with Gasteiger partial charge in [-0.25, -0.2) is 19.5 Å². The molecule has 3 heterocycles. The zero-order chi connectivity index (χ0) is 23.7. The molecule has 0 bridgehead atoms. The molecule has 0 fully saturated rings. The Labute approximate surface area is 193 Å². The fourth-order valence-corrected chi connectivity index (χ4v) is 4.07. The van der Waals surface area contributed by atoms with E-state index >= 15 is 0 Å². The van der Waals surface area contributed by atoms with E-state index in [1.54, 1.807) is 24.4 Å². The molecule has 2 aromatic carbocycles. The van der Waals surface area contributed by atoms with Crippen LogP contribution in [-0.4, -0.2) is 49.2 Å². The summed E-state index contributed by atoms with van der Waals surface area (Å²) in [6, 6.07) is 11.5. The van der Waals surface area contributed by atoms with E-state index < -0.39 is 11.7 Å². The van der Waals surface area contributed by atoms with Crippen molar-refractivity contribution >= 4 is 22.6 Å². The Bertz CT molecular complexity index is 1450. The molecule has 5 rings (SSSR count). The van der Waals surface area contributed by atoms with Crippen LogP contribution in [-0.2, 0) is 19.5 Å². The van der Waals surface area contributed by atoms with E-state index in [4.69, 9.17) is 5.11 Å². The first-order valence-electron chi connectivity index (χ1n) is 10.8. The highest BCUT2D eigenvalue weighted by Crippen LogP contribution is 2.25. The number of aliphatic hydroxyl groups excluding tert-OH is 1. The highest BCUT2D eigenvalue weighted by atomic mass is 19.1. The Morgan fingerprint density at radius 2 is 2.00 bits per heavy atom. The predicted octanol–water partition coefficient (Wildman–Crippen LogP) is 2.00. The van der Waals surface area contributed by atoms with Crippen LogP contribution in [0.25, 0.3) is 10.8 Å². The quantitative estimate of drug-likeness (QED) is 0.402. The summed E-state index contributed by atoms with van der Waals surface area (Å²) in [6.07, 6.45) is 1.96. The molecule has 0 unspecified atom stereocenters. The van der Waals surface area contributed by atoms with Crippen LogP contribution < -0.4 is 10.9 Å². The van der Waals surface area contributed by atoms with Crippen molar-refractivity contribution in [1.29, 1.82) is 0 Å². The molecular weight excluding hydrogens is 439 g/mol. The van der Waals surface area contributed by atoms with Gasteiger partial charge in [0.1, 0.15) is 5.82 Å². The van der Waals surface area contributed by atoms with Crippen LogP contribution in [0.15, 0.2) is 53.5 Å². The van der Waals surface area contributed by atoms with E-state index in [2.05, 4.69) is 25.5 Å². The maximum atomic E-state index is 14.7. The lowest BCUT2D eigenvalue weighted by molar-refractivity contribution is 0.0745. The van der Waals surface area contributed by atoms with Gasteiger partial charge in [0.2, 0.25) is 5.95 Å². The van der Waals surface area contributed by atoms with Gasteiger partial charge in [-0.2, -0.15) is 5.10 Å². The summed E-state index contributed by atoms with van der Waals surface area (Å²) in [5.41, 5.74) is 2.49. The Balaban J connectivity index is 1.39. The molecular formula is C24H21FN6O3.